The van der Waals surface area contributed by atoms with Gasteiger partial charge in [-0.1, -0.05) is 6.07 Å². The Morgan fingerprint density at radius 3 is 2.42 bits per heavy atom. The number of aromatic nitrogens is 1. The summed E-state index contributed by atoms with van der Waals surface area (Å²) < 4.78 is 11.4. The van der Waals surface area contributed by atoms with Crippen LogP contribution in [0.15, 0.2) is 82.8 Å². The molecule has 132 valence electrons. The van der Waals surface area contributed by atoms with Gasteiger partial charge < -0.3 is 5.32 Å². The van der Waals surface area contributed by atoms with E-state index in [0.29, 0.717) is 10.5 Å². The molecule has 0 aliphatic rings. The minimum absolute atomic E-state index is 0.186. The maximum atomic E-state index is 12.3. The monoisotopic (exact) mass is 382 g/mol. The van der Waals surface area contributed by atoms with Gasteiger partial charge in [0, 0.05) is 56.2 Å². The van der Waals surface area contributed by atoms with Crippen molar-refractivity contribution < 1.29 is 9.00 Å². The van der Waals surface area contributed by atoms with Crippen LogP contribution in [0.2, 0.25) is 0 Å². The minimum atomic E-state index is -1.05. The van der Waals surface area contributed by atoms with E-state index >= 15 is 0 Å². The quantitative estimate of drug-likeness (QED) is 0.644. The zero-order valence-electron chi connectivity index (χ0n) is 14.2. The fraction of sp³-hybridized carbons (Fsp3) is 0.100. The number of nitrogens with zero attached hydrogens (tertiary/aromatic N) is 1. The Bertz CT molecular complexity index is 895. The molecule has 1 atom stereocenters. The number of hydrogen-bond acceptors (Lipinski definition) is 4. The van der Waals surface area contributed by atoms with Crippen LogP contribution in [0.3, 0.4) is 0 Å². The second-order valence-electron chi connectivity index (χ2n) is 5.61. The molecule has 0 spiro atoms. The van der Waals surface area contributed by atoms with Crippen LogP contribution in [0.4, 0.5) is 5.69 Å². The van der Waals surface area contributed by atoms with Gasteiger partial charge in [0.25, 0.3) is 5.91 Å². The van der Waals surface area contributed by atoms with Crippen molar-refractivity contribution in [3.63, 3.8) is 0 Å². The summed E-state index contributed by atoms with van der Waals surface area (Å²) in [5.74, 6) is 0.666. The molecule has 0 aliphatic carbocycles. The molecule has 4 nitrogen and oxygen atoms in total. The molecule has 0 saturated heterocycles. The second-order valence-corrected chi connectivity index (χ2v) is 8.04. The first-order valence-corrected chi connectivity index (χ1v) is 10.5. The zero-order valence-corrected chi connectivity index (χ0v) is 15.8. The Morgan fingerprint density at radius 1 is 1.08 bits per heavy atom. The van der Waals surface area contributed by atoms with E-state index in [1.807, 2.05) is 42.6 Å². The standard InChI is InChI=1S/C20H18N2O2S2/c1-26(24)19-10-4-16(5-11-19)20(23)22-17-6-8-18(9-7-17)25-14-15-3-2-12-21-13-15/h2-13H,14H2,1H3,(H,22,23). The van der Waals surface area contributed by atoms with E-state index in [1.54, 1.807) is 48.5 Å². The highest BCUT2D eigenvalue weighted by Crippen LogP contribution is 2.24. The molecular formula is C20H18N2O2S2. The Balaban J connectivity index is 1.58. The van der Waals surface area contributed by atoms with E-state index in [4.69, 9.17) is 0 Å². The third kappa shape index (κ3) is 5.03. The Kier molecular flexibility index (Phi) is 6.20. The average molecular weight is 383 g/mol. The summed E-state index contributed by atoms with van der Waals surface area (Å²) >= 11 is 1.72. The van der Waals surface area contributed by atoms with Crippen molar-refractivity contribution in [3.05, 3.63) is 84.2 Å². The number of rotatable bonds is 6. The second kappa shape index (κ2) is 8.78. The Labute approximate surface area is 159 Å². The lowest BCUT2D eigenvalue weighted by Gasteiger charge is -2.07. The summed E-state index contributed by atoms with van der Waals surface area (Å²) in [6.45, 7) is 0. The van der Waals surface area contributed by atoms with Gasteiger partial charge in [0.1, 0.15) is 0 Å². The van der Waals surface area contributed by atoms with Gasteiger partial charge in [0.15, 0.2) is 0 Å². The normalized spacial score (nSPS) is 11.7. The number of benzene rings is 2. The summed E-state index contributed by atoms with van der Waals surface area (Å²) in [6, 6.07) is 18.5. The van der Waals surface area contributed by atoms with Crippen molar-refractivity contribution in [2.45, 2.75) is 15.5 Å². The predicted octanol–water partition coefficient (Wildman–Crippen LogP) is 4.36. The van der Waals surface area contributed by atoms with Gasteiger partial charge in [-0.05, 0) is 60.2 Å². The van der Waals surface area contributed by atoms with Crippen LogP contribution in [-0.4, -0.2) is 21.4 Å². The van der Waals surface area contributed by atoms with Crippen molar-refractivity contribution in [2.75, 3.05) is 11.6 Å². The maximum absolute atomic E-state index is 12.3. The molecule has 1 N–H and O–H groups in total. The average Bonchev–Trinajstić information content (AvgIpc) is 2.68. The number of amides is 1. The number of thioether (sulfide) groups is 1. The molecule has 1 aromatic heterocycles. The molecule has 0 bridgehead atoms. The molecule has 3 aromatic rings. The molecule has 1 amide bonds. The van der Waals surface area contributed by atoms with Crippen LogP contribution >= 0.6 is 11.8 Å². The van der Waals surface area contributed by atoms with Gasteiger partial charge in [0.05, 0.1) is 0 Å². The van der Waals surface area contributed by atoms with Gasteiger partial charge in [-0.15, -0.1) is 11.8 Å². The van der Waals surface area contributed by atoms with Crippen molar-refractivity contribution >= 4 is 34.2 Å². The topological polar surface area (TPSA) is 59.1 Å². The van der Waals surface area contributed by atoms with Crippen LogP contribution in [0, 0.1) is 0 Å². The van der Waals surface area contributed by atoms with E-state index in [-0.39, 0.29) is 5.91 Å². The molecule has 1 heterocycles. The molecule has 0 radical (unpaired) electrons. The first kappa shape index (κ1) is 18.4. The summed E-state index contributed by atoms with van der Waals surface area (Å²) in [5, 5.41) is 2.87. The molecular weight excluding hydrogens is 364 g/mol. The maximum Gasteiger partial charge on any atom is 0.255 e. The lowest BCUT2D eigenvalue weighted by atomic mass is 10.2. The number of carbonyl (C=O) groups excluding carboxylic acids is 1. The molecule has 0 saturated carbocycles. The van der Waals surface area contributed by atoms with Gasteiger partial charge in [-0.3, -0.25) is 14.0 Å². The smallest absolute Gasteiger partial charge is 0.255 e. The zero-order chi connectivity index (χ0) is 18.4. The summed E-state index contributed by atoms with van der Waals surface area (Å²) in [4.78, 5) is 18.2. The number of pyridine rings is 1. The lowest BCUT2D eigenvalue weighted by Crippen LogP contribution is -2.11. The van der Waals surface area contributed by atoms with Crippen LogP contribution in [0.25, 0.3) is 0 Å². The third-order valence-corrected chi connectivity index (χ3v) is 5.71. The molecule has 3 rings (SSSR count). The molecule has 0 aliphatic heterocycles. The van der Waals surface area contributed by atoms with E-state index < -0.39 is 10.8 Å². The highest BCUT2D eigenvalue weighted by molar-refractivity contribution is 7.98. The summed E-state index contributed by atoms with van der Waals surface area (Å²) in [6.07, 6.45) is 5.24. The fourth-order valence-corrected chi connectivity index (χ4v) is 3.64. The lowest BCUT2D eigenvalue weighted by molar-refractivity contribution is 0.102. The Hall–Kier alpha value is -2.44. The largest absolute Gasteiger partial charge is 0.322 e. The van der Waals surface area contributed by atoms with Crippen LogP contribution < -0.4 is 5.32 Å². The SMILES string of the molecule is CS(=O)c1ccc(C(=O)Nc2ccc(SCc3cccnc3)cc2)cc1. The predicted molar refractivity (Wildman–Crippen MR) is 107 cm³/mol. The number of anilines is 1. The van der Waals surface area contributed by atoms with E-state index in [9.17, 15) is 9.00 Å². The van der Waals surface area contributed by atoms with Crippen LogP contribution in [0.5, 0.6) is 0 Å². The van der Waals surface area contributed by atoms with Gasteiger partial charge in [0.2, 0.25) is 0 Å². The van der Waals surface area contributed by atoms with E-state index in [0.717, 1.165) is 16.3 Å². The highest BCUT2D eigenvalue weighted by atomic mass is 32.2. The highest BCUT2D eigenvalue weighted by Gasteiger charge is 2.07. The van der Waals surface area contributed by atoms with Crippen molar-refractivity contribution in [1.82, 2.24) is 4.98 Å². The van der Waals surface area contributed by atoms with Crippen molar-refractivity contribution in [3.8, 4) is 0 Å². The summed E-state index contributed by atoms with van der Waals surface area (Å²) in [5.41, 5.74) is 2.45. The third-order valence-electron chi connectivity index (χ3n) is 3.69. The van der Waals surface area contributed by atoms with E-state index in [2.05, 4.69) is 10.3 Å². The van der Waals surface area contributed by atoms with E-state index in [1.165, 1.54) is 5.56 Å². The number of carbonyl (C=O) groups is 1. The van der Waals surface area contributed by atoms with Crippen LogP contribution in [-0.2, 0) is 16.6 Å². The first-order valence-electron chi connectivity index (χ1n) is 7.98. The molecule has 0 fully saturated rings. The summed E-state index contributed by atoms with van der Waals surface area (Å²) in [7, 11) is -1.05. The molecule has 2 aromatic carbocycles. The first-order chi connectivity index (χ1) is 12.6. The number of nitrogens with one attached hydrogen (secondary N) is 1. The van der Waals surface area contributed by atoms with Gasteiger partial charge in [-0.2, -0.15) is 0 Å². The fourth-order valence-electron chi connectivity index (χ4n) is 2.29. The van der Waals surface area contributed by atoms with Gasteiger partial charge in [-0.25, -0.2) is 0 Å². The van der Waals surface area contributed by atoms with Crippen molar-refractivity contribution in [1.29, 1.82) is 0 Å². The molecule has 1 unspecified atom stereocenters. The van der Waals surface area contributed by atoms with Crippen molar-refractivity contribution in [2.24, 2.45) is 0 Å². The number of hydrogen-bond donors (Lipinski definition) is 1. The van der Waals surface area contributed by atoms with Crippen LogP contribution in [0.1, 0.15) is 15.9 Å². The molecule has 6 heteroatoms. The minimum Gasteiger partial charge on any atom is -0.322 e. The van der Waals surface area contributed by atoms with Gasteiger partial charge >= 0.3 is 0 Å². The molecule has 26 heavy (non-hydrogen) atoms. The Morgan fingerprint density at radius 2 is 1.81 bits per heavy atom.